The van der Waals surface area contributed by atoms with Gasteiger partial charge in [0.05, 0.1) is 6.61 Å². The monoisotopic (exact) mass is 465 g/mol. The van der Waals surface area contributed by atoms with Crippen molar-refractivity contribution in [1.82, 2.24) is 4.90 Å². The van der Waals surface area contributed by atoms with Gasteiger partial charge in [-0.2, -0.15) is 0 Å². The van der Waals surface area contributed by atoms with Crippen LogP contribution in [0.2, 0.25) is 0 Å². The van der Waals surface area contributed by atoms with Crippen molar-refractivity contribution in [2.45, 2.75) is 48.9 Å². The van der Waals surface area contributed by atoms with Crippen molar-refractivity contribution in [3.8, 4) is 5.75 Å². The summed E-state index contributed by atoms with van der Waals surface area (Å²) in [6.45, 7) is 3.84. The molecule has 2 aliphatic rings. The molecule has 0 radical (unpaired) electrons. The molecule has 0 saturated carbocycles. The Morgan fingerprint density at radius 1 is 0.970 bits per heavy atom. The summed E-state index contributed by atoms with van der Waals surface area (Å²) in [7, 11) is 0. The largest absolute Gasteiger partial charge is 0.493 e. The van der Waals surface area contributed by atoms with Gasteiger partial charge >= 0.3 is 0 Å². The molecule has 5 rings (SSSR count). The number of fused-ring (bicyclic) bond motifs is 1. The fourth-order valence-corrected chi connectivity index (χ4v) is 6.01. The Bertz CT molecular complexity index is 1090. The van der Waals surface area contributed by atoms with Crippen molar-refractivity contribution < 1.29 is 13.5 Å². The molecule has 2 nitrogen and oxygen atoms in total. The number of piperidine rings is 1. The van der Waals surface area contributed by atoms with Crippen LogP contribution in [0.5, 0.6) is 5.75 Å². The topological polar surface area (TPSA) is 12.5 Å². The number of ether oxygens (including phenoxy) is 1. The normalized spacial score (nSPS) is 23.1. The number of hydrogen-bond donors (Lipinski definition) is 0. The summed E-state index contributed by atoms with van der Waals surface area (Å²) in [5.41, 5.74) is 3.24. The second kappa shape index (κ2) is 9.86. The number of likely N-dealkylation sites (tertiary alicyclic amines) is 1. The van der Waals surface area contributed by atoms with Crippen molar-refractivity contribution in [2.24, 2.45) is 5.92 Å². The van der Waals surface area contributed by atoms with Gasteiger partial charge < -0.3 is 4.74 Å². The van der Waals surface area contributed by atoms with Gasteiger partial charge in [-0.25, -0.2) is 8.78 Å². The van der Waals surface area contributed by atoms with Gasteiger partial charge in [-0.3, -0.25) is 4.90 Å². The number of nitrogens with zero attached hydrogens (tertiary/aromatic N) is 1. The molecule has 0 spiro atoms. The van der Waals surface area contributed by atoms with Gasteiger partial charge in [0, 0.05) is 34.7 Å². The number of halogens is 2. The molecular formula is C28H29F2NOS. The second-order valence-electron chi connectivity index (χ2n) is 9.18. The van der Waals surface area contributed by atoms with Crippen molar-refractivity contribution >= 4 is 11.8 Å². The zero-order valence-corrected chi connectivity index (χ0v) is 19.7. The van der Waals surface area contributed by atoms with Crippen LogP contribution < -0.4 is 4.74 Å². The molecule has 1 saturated heterocycles. The fourth-order valence-electron chi connectivity index (χ4n) is 5.11. The smallest absolute Gasteiger partial charge is 0.137 e. The van der Waals surface area contributed by atoms with Crippen molar-refractivity contribution in [1.29, 1.82) is 0 Å². The highest BCUT2D eigenvalue weighted by atomic mass is 32.2. The first kappa shape index (κ1) is 22.4. The van der Waals surface area contributed by atoms with E-state index >= 15 is 4.39 Å². The molecule has 2 aliphatic heterocycles. The molecule has 3 aromatic rings. The van der Waals surface area contributed by atoms with Gasteiger partial charge in [0.2, 0.25) is 0 Å². The minimum absolute atomic E-state index is 0.0963. The first-order chi connectivity index (χ1) is 16.1. The molecule has 0 aromatic heterocycles. The van der Waals surface area contributed by atoms with Gasteiger partial charge in [-0.15, -0.1) is 11.8 Å². The SMILES string of the molecule is C[C@@H]1CCN([C@H]2CCOc3cc(SCc4ccccc4)c(F)cc32)[C@H](c2ccc(F)cc2)C1. The van der Waals surface area contributed by atoms with Crippen LogP contribution in [0.3, 0.4) is 0 Å². The van der Waals surface area contributed by atoms with E-state index in [2.05, 4.69) is 24.0 Å². The predicted octanol–water partition coefficient (Wildman–Crippen LogP) is 7.55. The Kier molecular flexibility index (Phi) is 6.70. The van der Waals surface area contributed by atoms with E-state index in [1.54, 1.807) is 18.2 Å². The molecule has 3 atom stereocenters. The van der Waals surface area contributed by atoms with Crippen LogP contribution in [-0.2, 0) is 5.75 Å². The van der Waals surface area contributed by atoms with Gasteiger partial charge in [-0.1, -0.05) is 49.4 Å². The zero-order chi connectivity index (χ0) is 22.8. The molecule has 5 heteroatoms. The number of benzene rings is 3. The lowest BCUT2D eigenvalue weighted by Gasteiger charge is -2.45. The summed E-state index contributed by atoms with van der Waals surface area (Å²) < 4.78 is 34.8. The van der Waals surface area contributed by atoms with Crippen LogP contribution in [0.15, 0.2) is 71.6 Å². The quantitative estimate of drug-likeness (QED) is 0.361. The van der Waals surface area contributed by atoms with Crippen molar-refractivity contribution in [3.63, 3.8) is 0 Å². The summed E-state index contributed by atoms with van der Waals surface area (Å²) in [4.78, 5) is 3.12. The Balaban J connectivity index is 1.42. The van der Waals surface area contributed by atoms with Crippen LogP contribution in [-0.4, -0.2) is 18.1 Å². The third-order valence-electron chi connectivity index (χ3n) is 6.87. The summed E-state index contributed by atoms with van der Waals surface area (Å²) in [5, 5.41) is 0. The standard InChI is InChI=1S/C28H29F2NOS/c1-19-11-13-31(26(15-19)21-7-9-22(29)10-8-21)25-12-14-32-27-17-28(24(30)16-23(25)27)33-18-20-5-3-2-4-6-20/h2-10,16-17,19,25-26H,11-15,18H2,1H3/t19-,25+,26+/m1/s1. The lowest BCUT2D eigenvalue weighted by atomic mass is 9.85. The maximum Gasteiger partial charge on any atom is 0.137 e. The third kappa shape index (κ3) is 4.95. The Hall–Kier alpha value is -2.37. The second-order valence-corrected chi connectivity index (χ2v) is 10.2. The molecule has 2 heterocycles. The average Bonchev–Trinajstić information content (AvgIpc) is 2.84. The molecular weight excluding hydrogens is 436 g/mol. The highest BCUT2D eigenvalue weighted by molar-refractivity contribution is 7.98. The minimum atomic E-state index is -0.215. The van der Waals surface area contributed by atoms with E-state index in [1.807, 2.05) is 36.4 Å². The third-order valence-corrected chi connectivity index (χ3v) is 7.97. The Labute approximate surface area is 199 Å². The lowest BCUT2D eigenvalue weighted by molar-refractivity contribution is 0.0485. The van der Waals surface area contributed by atoms with Gasteiger partial charge in [-0.05, 0) is 60.7 Å². The van der Waals surface area contributed by atoms with Crippen molar-refractivity contribution in [3.05, 3.63) is 95.1 Å². The number of rotatable bonds is 5. The molecule has 0 N–H and O–H groups in total. The van der Waals surface area contributed by atoms with Gasteiger partial charge in [0.15, 0.2) is 0 Å². The molecule has 0 amide bonds. The highest BCUT2D eigenvalue weighted by Crippen LogP contribution is 2.46. The van der Waals surface area contributed by atoms with E-state index in [4.69, 9.17) is 4.74 Å². The van der Waals surface area contributed by atoms with Gasteiger partial charge in [0.25, 0.3) is 0 Å². The Morgan fingerprint density at radius 3 is 2.55 bits per heavy atom. The minimum Gasteiger partial charge on any atom is -0.493 e. The van der Waals surface area contributed by atoms with Crippen molar-refractivity contribution in [2.75, 3.05) is 13.2 Å². The van der Waals surface area contributed by atoms with Crippen LogP contribution >= 0.6 is 11.8 Å². The summed E-state index contributed by atoms with van der Waals surface area (Å²) in [5.74, 6) is 1.71. The van der Waals surface area contributed by atoms with E-state index in [9.17, 15) is 4.39 Å². The van der Waals surface area contributed by atoms with E-state index in [1.165, 1.54) is 17.3 Å². The van der Waals surface area contributed by atoms with Gasteiger partial charge in [0.1, 0.15) is 17.4 Å². The summed E-state index contributed by atoms with van der Waals surface area (Å²) >= 11 is 1.50. The Morgan fingerprint density at radius 2 is 1.76 bits per heavy atom. The summed E-state index contributed by atoms with van der Waals surface area (Å²) in [6, 6.07) is 20.8. The van der Waals surface area contributed by atoms with Crippen LogP contribution in [0.4, 0.5) is 8.78 Å². The van der Waals surface area contributed by atoms with Crippen LogP contribution in [0.25, 0.3) is 0 Å². The van der Waals surface area contributed by atoms with Crippen LogP contribution in [0.1, 0.15) is 55.0 Å². The maximum absolute atomic E-state index is 15.2. The molecule has 3 aromatic carbocycles. The van der Waals surface area contributed by atoms with E-state index < -0.39 is 0 Å². The number of hydrogen-bond acceptors (Lipinski definition) is 3. The highest BCUT2D eigenvalue weighted by Gasteiger charge is 2.36. The molecule has 1 fully saturated rings. The first-order valence-electron chi connectivity index (χ1n) is 11.7. The van der Waals surface area contributed by atoms with E-state index in [-0.39, 0.29) is 23.7 Å². The fraction of sp³-hybridized carbons (Fsp3) is 0.357. The average molecular weight is 466 g/mol. The zero-order valence-electron chi connectivity index (χ0n) is 18.8. The van der Waals surface area contributed by atoms with Crippen LogP contribution in [0, 0.1) is 17.6 Å². The molecule has 0 aliphatic carbocycles. The first-order valence-corrected chi connectivity index (χ1v) is 12.7. The molecule has 172 valence electrons. The van der Waals surface area contributed by atoms with E-state index in [0.29, 0.717) is 17.4 Å². The lowest BCUT2D eigenvalue weighted by Crippen LogP contribution is -2.40. The predicted molar refractivity (Wildman–Crippen MR) is 130 cm³/mol. The summed E-state index contributed by atoms with van der Waals surface area (Å²) in [6.07, 6.45) is 2.96. The molecule has 33 heavy (non-hydrogen) atoms. The molecule has 0 bridgehead atoms. The molecule has 0 unspecified atom stereocenters. The van der Waals surface area contributed by atoms with E-state index in [0.717, 1.165) is 48.4 Å². The maximum atomic E-state index is 15.2. The number of thioether (sulfide) groups is 1.